The monoisotopic (exact) mass is 242 g/mol. The molecule has 0 aliphatic carbocycles. The molecule has 0 aromatic heterocycles. The fourth-order valence-corrected chi connectivity index (χ4v) is 9.61. The zero-order valence-corrected chi connectivity index (χ0v) is 11.6. The lowest BCUT2D eigenvalue weighted by Crippen LogP contribution is -2.62. The van der Waals surface area contributed by atoms with Crippen LogP contribution in [-0.4, -0.2) is 19.9 Å². The van der Waals surface area contributed by atoms with Crippen LogP contribution in [0.4, 0.5) is 0 Å². The molecule has 0 atom stereocenters. The van der Waals surface area contributed by atoms with Gasteiger partial charge in [-0.3, -0.25) is 0 Å². The van der Waals surface area contributed by atoms with Gasteiger partial charge in [0.1, 0.15) is 0 Å². The number of halogens is 2. The first kappa shape index (κ1) is 11.1. The summed E-state index contributed by atoms with van der Waals surface area (Å²) in [6, 6.07) is 1.19. The van der Waals surface area contributed by atoms with Gasteiger partial charge in [-0.25, -0.2) is 0 Å². The van der Waals surface area contributed by atoms with Crippen molar-refractivity contribution in [2.45, 2.75) is 43.2 Å². The smallest absolute Gasteiger partial charge is 0.207 e. The molecule has 0 bridgehead atoms. The Bertz CT molecular complexity index is 192. The highest BCUT2D eigenvalue weighted by Crippen LogP contribution is 2.43. The third-order valence-corrected chi connectivity index (χ3v) is 20.3. The van der Waals surface area contributed by atoms with Crippen LogP contribution in [0.1, 0.15) is 6.42 Å². The number of rotatable bonds is 0. The van der Waals surface area contributed by atoms with Gasteiger partial charge in [0.25, 0.3) is 0 Å². The lowest BCUT2D eigenvalue weighted by atomic mass is 10.5. The summed E-state index contributed by atoms with van der Waals surface area (Å²) < 4.78 is 4.92. The lowest BCUT2D eigenvalue weighted by Gasteiger charge is -2.46. The van der Waals surface area contributed by atoms with Crippen molar-refractivity contribution >= 4 is 38.6 Å². The molecule has 0 radical (unpaired) electrons. The van der Waals surface area contributed by atoms with E-state index >= 15 is 0 Å². The average Bonchev–Trinajstić information content (AvgIpc) is 1.79. The molecule has 0 N–H and O–H groups in total. The van der Waals surface area contributed by atoms with Gasteiger partial charge in [-0.15, -0.1) is 0 Å². The van der Waals surface area contributed by atoms with Crippen LogP contribution in [0, 0.1) is 0 Å². The fourth-order valence-electron chi connectivity index (χ4n) is 1.32. The molecule has 0 aromatic carbocycles. The number of hydrogen-bond donors (Lipinski definition) is 0. The van der Waals surface area contributed by atoms with Gasteiger partial charge >= 0.3 is 0 Å². The maximum atomic E-state index is 5.98. The molecule has 0 saturated carbocycles. The molecule has 0 aromatic rings. The van der Waals surface area contributed by atoms with Gasteiger partial charge in [0.2, 0.25) is 4.52 Å². The molecule has 1 aliphatic heterocycles. The van der Waals surface area contributed by atoms with Gasteiger partial charge in [-0.1, -0.05) is 42.3 Å². The third kappa shape index (κ3) is 2.07. The summed E-state index contributed by atoms with van der Waals surface area (Å²) in [5.41, 5.74) is 0. The quantitative estimate of drug-likeness (QED) is 0.467. The zero-order chi connectivity index (χ0) is 9.62. The molecular formula is C7H16Cl2OSi2. The third-order valence-electron chi connectivity index (χ3n) is 3.08. The van der Waals surface area contributed by atoms with Crippen molar-refractivity contribution in [2.75, 3.05) is 0 Å². The van der Waals surface area contributed by atoms with E-state index in [-0.39, 0.29) is 0 Å². The van der Waals surface area contributed by atoms with Crippen molar-refractivity contribution in [1.82, 2.24) is 0 Å². The van der Waals surface area contributed by atoms with Crippen molar-refractivity contribution in [3.05, 3.63) is 0 Å². The number of alkyl halides is 2. The van der Waals surface area contributed by atoms with Gasteiger partial charge in [-0.2, -0.15) is 0 Å². The molecule has 1 rings (SSSR count). The Balaban J connectivity index is 2.82. The highest BCUT2D eigenvalue weighted by atomic mass is 35.5. The van der Waals surface area contributed by atoms with Gasteiger partial charge < -0.3 is 4.43 Å². The molecule has 0 unspecified atom stereocenters. The molecule has 1 heterocycles. The summed E-state index contributed by atoms with van der Waals surface area (Å²) in [5, 5.41) is 0. The van der Waals surface area contributed by atoms with Crippen LogP contribution in [0.25, 0.3) is 0 Å². The van der Waals surface area contributed by atoms with E-state index in [1.165, 1.54) is 6.04 Å². The zero-order valence-electron chi connectivity index (χ0n) is 8.08. The van der Waals surface area contributed by atoms with E-state index < -0.39 is 19.9 Å². The van der Waals surface area contributed by atoms with Crippen LogP contribution < -0.4 is 0 Å². The Morgan fingerprint density at radius 3 is 2.00 bits per heavy atom. The number of hydrogen-bond acceptors (Lipinski definition) is 1. The predicted octanol–water partition coefficient (Wildman–Crippen LogP) is 3.53. The maximum Gasteiger partial charge on any atom is 0.207 e. The van der Waals surface area contributed by atoms with Crippen LogP contribution in [0.5, 0.6) is 0 Å². The van der Waals surface area contributed by atoms with E-state index in [1.807, 2.05) is 0 Å². The average molecular weight is 243 g/mol. The van der Waals surface area contributed by atoms with E-state index in [0.717, 1.165) is 6.42 Å². The topological polar surface area (TPSA) is 9.23 Å². The largest absolute Gasteiger partial charge is 0.390 e. The molecule has 1 fully saturated rings. The van der Waals surface area contributed by atoms with E-state index in [1.54, 1.807) is 0 Å². The van der Waals surface area contributed by atoms with E-state index in [4.69, 9.17) is 27.6 Å². The summed E-state index contributed by atoms with van der Waals surface area (Å²) in [6.07, 6.45) is 0.797. The first-order valence-corrected chi connectivity index (χ1v) is 12.1. The van der Waals surface area contributed by atoms with Crippen molar-refractivity contribution in [2.24, 2.45) is 0 Å². The van der Waals surface area contributed by atoms with Crippen LogP contribution in [0.3, 0.4) is 0 Å². The Hall–Kier alpha value is 0.974. The van der Waals surface area contributed by atoms with Crippen LogP contribution >= 0.6 is 23.2 Å². The van der Waals surface area contributed by atoms with E-state index in [0.29, 0.717) is 0 Å². The van der Waals surface area contributed by atoms with Gasteiger partial charge in [0.15, 0.2) is 7.83 Å². The molecule has 0 amide bonds. The maximum absolute atomic E-state index is 5.98. The minimum absolute atomic E-state index is 0.797. The minimum atomic E-state index is -1.58. The molecule has 1 saturated heterocycles. The van der Waals surface area contributed by atoms with E-state index in [2.05, 4.69) is 26.2 Å². The van der Waals surface area contributed by atoms with Gasteiger partial charge in [-0.05, 0) is 13.1 Å². The summed E-state index contributed by atoms with van der Waals surface area (Å²) in [4.78, 5) is 0. The van der Waals surface area contributed by atoms with Crippen molar-refractivity contribution < 1.29 is 4.43 Å². The van der Waals surface area contributed by atoms with Crippen molar-refractivity contribution in [1.29, 1.82) is 0 Å². The van der Waals surface area contributed by atoms with Crippen LogP contribution in [-0.2, 0) is 4.43 Å². The summed E-state index contributed by atoms with van der Waals surface area (Å²) in [5.74, 6) is 0. The van der Waals surface area contributed by atoms with Crippen LogP contribution in [0.2, 0.25) is 32.2 Å². The molecule has 1 nitrogen and oxygen atoms in total. The molecule has 1 aliphatic rings. The summed E-state index contributed by atoms with van der Waals surface area (Å²) >= 11 is 12.0. The molecule has 5 heteroatoms. The SMILES string of the molecule is C[Si]1(C)CCC(Cl)(Cl)O[Si]1(C)C. The minimum Gasteiger partial charge on any atom is -0.390 e. The first-order chi connectivity index (χ1) is 5.16. The molecule has 72 valence electrons. The van der Waals surface area contributed by atoms with Gasteiger partial charge in [0.05, 0.1) is 7.59 Å². The van der Waals surface area contributed by atoms with Crippen molar-refractivity contribution in [3.8, 4) is 0 Å². The standard InChI is InChI=1S/C7H16Cl2OSi2/c1-11(2)6-5-7(8,9)10-12(11,3)4/h5-6H2,1-4H3. The second-order valence-electron chi connectivity index (χ2n) is 4.63. The lowest BCUT2D eigenvalue weighted by molar-refractivity contribution is 0.226. The highest BCUT2D eigenvalue weighted by Gasteiger charge is 2.51. The fraction of sp³-hybridized carbons (Fsp3) is 1.00. The normalized spacial score (nSPS) is 31.5. The summed E-state index contributed by atoms with van der Waals surface area (Å²) in [6.45, 7) is 9.22. The van der Waals surface area contributed by atoms with Crippen LogP contribution in [0.15, 0.2) is 0 Å². The summed E-state index contributed by atoms with van der Waals surface area (Å²) in [7, 11) is -2.74. The molecule has 0 spiro atoms. The Labute approximate surface area is 86.3 Å². The predicted molar refractivity (Wildman–Crippen MR) is 59.9 cm³/mol. The van der Waals surface area contributed by atoms with E-state index in [9.17, 15) is 0 Å². The Morgan fingerprint density at radius 2 is 1.67 bits per heavy atom. The highest BCUT2D eigenvalue weighted by molar-refractivity contribution is 7.38. The Kier molecular flexibility index (Phi) is 2.75. The second-order valence-corrected chi connectivity index (χ2v) is 21.2. The Morgan fingerprint density at radius 1 is 1.17 bits per heavy atom. The van der Waals surface area contributed by atoms with Gasteiger partial charge in [0, 0.05) is 6.42 Å². The van der Waals surface area contributed by atoms with Crippen molar-refractivity contribution in [3.63, 3.8) is 0 Å². The second kappa shape index (κ2) is 2.99. The molecule has 12 heavy (non-hydrogen) atoms. The molecular weight excluding hydrogens is 227 g/mol. The first-order valence-electron chi connectivity index (χ1n) is 4.24.